The van der Waals surface area contributed by atoms with Crippen LogP contribution in [0.25, 0.3) is 0 Å². The van der Waals surface area contributed by atoms with Crippen LogP contribution in [0.5, 0.6) is 0 Å². The second-order valence-electron chi connectivity index (χ2n) is 9.46. The third kappa shape index (κ3) is 2.30. The van der Waals surface area contributed by atoms with Crippen molar-refractivity contribution in [1.29, 1.82) is 0 Å². The molecule has 0 aromatic rings. The highest BCUT2D eigenvalue weighted by molar-refractivity contribution is 6.01. The van der Waals surface area contributed by atoms with Crippen molar-refractivity contribution in [3.05, 3.63) is 23.8 Å². The number of carboxylic acid groups (broad SMARTS) is 1. The topological polar surface area (TPSA) is 54.4 Å². The highest BCUT2D eigenvalue weighted by atomic mass is 16.4. The standard InChI is InChI=1S/C22H30O3/c1-13(20(24)25)17-6-7-18-16-5-4-14-12-15(23)8-10-21(14,2)19(16)9-11-22(17,18)3/h8,10,12-13,16-19H,4-7,9,11H2,1-3H3,(H,24,25)/t13-,16-,17+,18-,19-,21-,22+/m0/s1. The van der Waals surface area contributed by atoms with E-state index < -0.39 is 5.97 Å². The molecule has 136 valence electrons. The smallest absolute Gasteiger partial charge is 0.306 e. The van der Waals surface area contributed by atoms with Crippen LogP contribution in [0.4, 0.5) is 0 Å². The fourth-order valence-corrected chi connectivity index (χ4v) is 7.23. The predicted octanol–water partition coefficient (Wildman–Crippen LogP) is 4.63. The summed E-state index contributed by atoms with van der Waals surface area (Å²) < 4.78 is 0. The molecule has 0 aromatic carbocycles. The molecule has 0 unspecified atom stereocenters. The van der Waals surface area contributed by atoms with Crippen LogP contribution in [0.3, 0.4) is 0 Å². The minimum absolute atomic E-state index is 0.0364. The van der Waals surface area contributed by atoms with Gasteiger partial charge in [-0.05, 0) is 79.8 Å². The summed E-state index contributed by atoms with van der Waals surface area (Å²) in [6.07, 6.45) is 12.6. The van der Waals surface area contributed by atoms with E-state index in [1.807, 2.05) is 13.0 Å². The fourth-order valence-electron chi connectivity index (χ4n) is 7.23. The maximum Gasteiger partial charge on any atom is 0.306 e. The number of carboxylic acids is 1. The molecule has 0 heterocycles. The largest absolute Gasteiger partial charge is 0.481 e. The second kappa shape index (κ2) is 5.56. The molecule has 4 rings (SSSR count). The number of hydrogen-bond acceptors (Lipinski definition) is 2. The van der Waals surface area contributed by atoms with E-state index in [2.05, 4.69) is 19.9 Å². The summed E-state index contributed by atoms with van der Waals surface area (Å²) in [4.78, 5) is 23.4. The maximum absolute atomic E-state index is 11.8. The Morgan fingerprint density at radius 2 is 1.96 bits per heavy atom. The Balaban J connectivity index is 1.65. The summed E-state index contributed by atoms with van der Waals surface area (Å²) in [6.45, 7) is 6.61. The third-order valence-corrected chi connectivity index (χ3v) is 8.62. The number of ketones is 1. The molecule has 0 aromatic heterocycles. The van der Waals surface area contributed by atoms with Gasteiger partial charge in [-0.3, -0.25) is 9.59 Å². The zero-order valence-electron chi connectivity index (χ0n) is 15.6. The minimum Gasteiger partial charge on any atom is -0.481 e. The number of hydrogen-bond donors (Lipinski definition) is 1. The monoisotopic (exact) mass is 342 g/mol. The maximum atomic E-state index is 11.8. The Morgan fingerprint density at radius 3 is 2.68 bits per heavy atom. The lowest BCUT2D eigenvalue weighted by Crippen LogP contribution is -2.50. The van der Waals surface area contributed by atoms with Crippen LogP contribution in [0.1, 0.15) is 59.3 Å². The van der Waals surface area contributed by atoms with Crippen LogP contribution in [0, 0.1) is 40.4 Å². The zero-order chi connectivity index (χ0) is 18.0. The number of carbonyl (C=O) groups is 2. The Morgan fingerprint density at radius 1 is 1.20 bits per heavy atom. The molecule has 0 bridgehead atoms. The summed E-state index contributed by atoms with van der Waals surface area (Å²) in [6, 6.07) is 0. The van der Waals surface area contributed by atoms with Crippen LogP contribution in [-0.4, -0.2) is 16.9 Å². The number of fused-ring (bicyclic) bond motifs is 5. The third-order valence-electron chi connectivity index (χ3n) is 8.62. The first-order valence-electron chi connectivity index (χ1n) is 9.94. The van der Waals surface area contributed by atoms with Gasteiger partial charge in [0.2, 0.25) is 0 Å². The van der Waals surface area contributed by atoms with Gasteiger partial charge in [0.05, 0.1) is 5.92 Å². The summed E-state index contributed by atoms with van der Waals surface area (Å²) in [5, 5.41) is 9.55. The molecule has 4 aliphatic rings. The molecule has 25 heavy (non-hydrogen) atoms. The van der Waals surface area contributed by atoms with Gasteiger partial charge in [0.15, 0.2) is 5.78 Å². The lowest BCUT2D eigenvalue weighted by molar-refractivity contribution is -0.146. The van der Waals surface area contributed by atoms with E-state index in [4.69, 9.17) is 0 Å². The van der Waals surface area contributed by atoms with Crippen LogP contribution in [-0.2, 0) is 9.59 Å². The molecule has 3 saturated carbocycles. The molecular weight excluding hydrogens is 312 g/mol. The summed E-state index contributed by atoms with van der Waals surface area (Å²) >= 11 is 0. The van der Waals surface area contributed by atoms with Crippen molar-refractivity contribution in [2.45, 2.75) is 59.3 Å². The quantitative estimate of drug-likeness (QED) is 0.796. The van der Waals surface area contributed by atoms with Gasteiger partial charge in [0.1, 0.15) is 0 Å². The first-order chi connectivity index (χ1) is 11.8. The molecule has 0 radical (unpaired) electrons. The Bertz CT molecular complexity index is 675. The molecule has 0 amide bonds. The lowest BCUT2D eigenvalue weighted by Gasteiger charge is -2.57. The van der Waals surface area contributed by atoms with Crippen molar-refractivity contribution in [3.63, 3.8) is 0 Å². The number of aliphatic carboxylic acids is 1. The van der Waals surface area contributed by atoms with E-state index >= 15 is 0 Å². The van der Waals surface area contributed by atoms with Crippen molar-refractivity contribution in [1.82, 2.24) is 0 Å². The van der Waals surface area contributed by atoms with Gasteiger partial charge in [-0.15, -0.1) is 0 Å². The number of rotatable bonds is 2. The minimum atomic E-state index is -0.636. The van der Waals surface area contributed by atoms with Gasteiger partial charge in [0.25, 0.3) is 0 Å². The SMILES string of the molecule is C[C@H](C(=O)O)[C@H]1CC[C@H]2[C@@H]3CCC4=CC(=O)C=C[C@]4(C)[C@H]3CC[C@]12C. The van der Waals surface area contributed by atoms with Crippen molar-refractivity contribution in [3.8, 4) is 0 Å². The average Bonchev–Trinajstić information content (AvgIpc) is 2.92. The molecule has 0 spiro atoms. The molecule has 0 aliphatic heterocycles. The first kappa shape index (κ1) is 17.1. The second-order valence-corrected chi connectivity index (χ2v) is 9.46. The van der Waals surface area contributed by atoms with Crippen molar-refractivity contribution in [2.75, 3.05) is 0 Å². The van der Waals surface area contributed by atoms with E-state index in [1.54, 1.807) is 6.08 Å². The van der Waals surface area contributed by atoms with Gasteiger partial charge in [-0.25, -0.2) is 0 Å². The molecule has 0 saturated heterocycles. The van der Waals surface area contributed by atoms with Gasteiger partial charge >= 0.3 is 5.97 Å². The molecule has 3 nitrogen and oxygen atoms in total. The first-order valence-corrected chi connectivity index (χ1v) is 9.94. The molecule has 3 fully saturated rings. The molecule has 7 atom stereocenters. The Labute approximate surface area is 150 Å². The van der Waals surface area contributed by atoms with Crippen LogP contribution in [0.2, 0.25) is 0 Å². The molecule has 3 heteroatoms. The Kier molecular flexibility index (Phi) is 3.79. The van der Waals surface area contributed by atoms with Crippen molar-refractivity contribution >= 4 is 11.8 Å². The summed E-state index contributed by atoms with van der Waals surface area (Å²) in [5.74, 6) is 1.49. The zero-order valence-corrected chi connectivity index (χ0v) is 15.6. The normalized spacial score (nSPS) is 46.7. The highest BCUT2D eigenvalue weighted by Crippen LogP contribution is 2.66. The van der Waals surface area contributed by atoms with Gasteiger partial charge in [0, 0.05) is 5.41 Å². The number of allylic oxidation sites excluding steroid dienone is 4. The highest BCUT2D eigenvalue weighted by Gasteiger charge is 2.59. The fraction of sp³-hybridized carbons (Fsp3) is 0.727. The van der Waals surface area contributed by atoms with Crippen molar-refractivity contribution in [2.24, 2.45) is 40.4 Å². The van der Waals surface area contributed by atoms with Crippen LogP contribution >= 0.6 is 0 Å². The summed E-state index contributed by atoms with van der Waals surface area (Å²) in [7, 11) is 0. The Hall–Kier alpha value is -1.38. The lowest BCUT2D eigenvalue weighted by atomic mass is 9.47. The molecular formula is C22H30O3. The van der Waals surface area contributed by atoms with Gasteiger partial charge < -0.3 is 5.11 Å². The van der Waals surface area contributed by atoms with Crippen molar-refractivity contribution < 1.29 is 14.7 Å². The van der Waals surface area contributed by atoms with Gasteiger partial charge in [-0.2, -0.15) is 0 Å². The van der Waals surface area contributed by atoms with Crippen LogP contribution < -0.4 is 0 Å². The van der Waals surface area contributed by atoms with E-state index in [9.17, 15) is 14.7 Å². The van der Waals surface area contributed by atoms with Crippen LogP contribution in [0.15, 0.2) is 23.8 Å². The van der Waals surface area contributed by atoms with E-state index in [0.29, 0.717) is 23.7 Å². The van der Waals surface area contributed by atoms with E-state index in [0.717, 1.165) is 25.7 Å². The molecule has 4 aliphatic carbocycles. The number of carbonyl (C=O) groups excluding carboxylic acids is 1. The van der Waals surface area contributed by atoms with E-state index in [-0.39, 0.29) is 22.5 Å². The predicted molar refractivity (Wildman–Crippen MR) is 96.9 cm³/mol. The average molecular weight is 342 g/mol. The summed E-state index contributed by atoms with van der Waals surface area (Å²) in [5.41, 5.74) is 1.54. The molecule has 1 N–H and O–H groups in total. The van der Waals surface area contributed by atoms with Gasteiger partial charge in [-0.1, -0.05) is 32.4 Å². The van der Waals surface area contributed by atoms with E-state index in [1.165, 1.54) is 18.4 Å².